The predicted octanol–water partition coefficient (Wildman–Crippen LogP) is 2.19. The van der Waals surface area contributed by atoms with Crippen molar-refractivity contribution in [2.45, 2.75) is 11.8 Å². The number of nitro benzene ring substituents is 1. The van der Waals surface area contributed by atoms with Crippen molar-refractivity contribution in [2.75, 3.05) is 38.1 Å². The molecule has 0 saturated carbocycles. The summed E-state index contributed by atoms with van der Waals surface area (Å²) < 4.78 is 38.7. The van der Waals surface area contributed by atoms with E-state index in [4.69, 9.17) is 9.47 Å². The van der Waals surface area contributed by atoms with Gasteiger partial charge in [0.05, 0.1) is 41.4 Å². The van der Waals surface area contributed by atoms with E-state index in [9.17, 15) is 23.3 Å². The molecule has 160 valence electrons. The van der Waals surface area contributed by atoms with Crippen molar-refractivity contribution in [3.63, 3.8) is 0 Å². The fourth-order valence-corrected chi connectivity index (χ4v) is 4.14. The number of methoxy groups -OCH3 is 1. The molecule has 1 aliphatic heterocycles. The summed E-state index contributed by atoms with van der Waals surface area (Å²) >= 11 is 0. The van der Waals surface area contributed by atoms with Crippen LogP contribution in [0.15, 0.2) is 41.3 Å². The first-order valence-electron chi connectivity index (χ1n) is 9.06. The zero-order valence-electron chi connectivity index (χ0n) is 16.5. The van der Waals surface area contributed by atoms with Crippen molar-refractivity contribution in [1.82, 2.24) is 4.90 Å². The van der Waals surface area contributed by atoms with E-state index in [1.165, 1.54) is 37.4 Å². The lowest BCUT2D eigenvalue weighted by molar-refractivity contribution is -0.384. The molecule has 1 saturated heterocycles. The maximum atomic E-state index is 12.9. The van der Waals surface area contributed by atoms with Crippen LogP contribution in [0.2, 0.25) is 0 Å². The van der Waals surface area contributed by atoms with Crippen LogP contribution in [0.1, 0.15) is 15.9 Å². The Hall–Kier alpha value is -3.18. The number of hydrogen-bond acceptors (Lipinski definition) is 7. The van der Waals surface area contributed by atoms with Crippen molar-refractivity contribution < 1.29 is 27.6 Å². The number of anilines is 1. The minimum absolute atomic E-state index is 0.0843. The molecule has 1 aliphatic rings. The van der Waals surface area contributed by atoms with Crippen LogP contribution in [0.4, 0.5) is 11.4 Å². The number of non-ortho nitro benzene ring substituents is 1. The third kappa shape index (κ3) is 4.52. The molecule has 1 heterocycles. The smallest absolute Gasteiger partial charge is 0.271 e. The van der Waals surface area contributed by atoms with Crippen LogP contribution in [0.25, 0.3) is 0 Å². The third-order valence-electron chi connectivity index (χ3n) is 4.69. The highest BCUT2D eigenvalue weighted by molar-refractivity contribution is 7.92. The Labute approximate surface area is 173 Å². The number of carbonyl (C=O) groups is 1. The molecule has 10 nitrogen and oxygen atoms in total. The number of nitro groups is 1. The minimum atomic E-state index is -4.11. The van der Waals surface area contributed by atoms with E-state index in [0.29, 0.717) is 31.9 Å². The molecule has 30 heavy (non-hydrogen) atoms. The Balaban J connectivity index is 1.95. The first kappa shape index (κ1) is 21.5. The summed E-state index contributed by atoms with van der Waals surface area (Å²) in [5, 5.41) is 11.0. The lowest BCUT2D eigenvalue weighted by Gasteiger charge is -2.27. The van der Waals surface area contributed by atoms with E-state index in [2.05, 4.69) is 4.72 Å². The zero-order chi connectivity index (χ0) is 21.9. The van der Waals surface area contributed by atoms with Crippen LogP contribution < -0.4 is 9.46 Å². The van der Waals surface area contributed by atoms with Crippen molar-refractivity contribution >= 4 is 27.3 Å². The highest BCUT2D eigenvalue weighted by Gasteiger charge is 2.25. The van der Waals surface area contributed by atoms with Crippen molar-refractivity contribution in [3.8, 4) is 5.75 Å². The van der Waals surface area contributed by atoms with Gasteiger partial charge in [-0.25, -0.2) is 8.42 Å². The summed E-state index contributed by atoms with van der Waals surface area (Å²) in [7, 11) is -2.72. The molecule has 0 spiro atoms. The minimum Gasteiger partial charge on any atom is -0.496 e. The Bertz CT molecular complexity index is 1080. The Morgan fingerprint density at radius 1 is 1.20 bits per heavy atom. The molecule has 2 aromatic rings. The van der Waals surface area contributed by atoms with E-state index < -0.39 is 14.9 Å². The number of benzene rings is 2. The van der Waals surface area contributed by atoms with Gasteiger partial charge in [0.25, 0.3) is 21.6 Å². The Kier molecular flexibility index (Phi) is 6.22. The van der Waals surface area contributed by atoms with Gasteiger partial charge in [0.15, 0.2) is 0 Å². The van der Waals surface area contributed by atoms with Gasteiger partial charge in [0.2, 0.25) is 0 Å². The van der Waals surface area contributed by atoms with Gasteiger partial charge in [0, 0.05) is 25.2 Å². The molecule has 2 aromatic carbocycles. The molecule has 1 amide bonds. The average molecular weight is 435 g/mol. The quantitative estimate of drug-likeness (QED) is 0.544. The second kappa shape index (κ2) is 8.67. The normalized spacial score (nSPS) is 14.3. The maximum Gasteiger partial charge on any atom is 0.271 e. The summed E-state index contributed by atoms with van der Waals surface area (Å²) in [4.78, 5) is 24.7. The van der Waals surface area contributed by atoms with Crippen LogP contribution in [-0.2, 0) is 14.8 Å². The molecular weight excluding hydrogens is 414 g/mol. The van der Waals surface area contributed by atoms with E-state index in [0.717, 1.165) is 6.07 Å². The van der Waals surface area contributed by atoms with Gasteiger partial charge in [-0.2, -0.15) is 0 Å². The van der Waals surface area contributed by atoms with E-state index in [1.807, 2.05) is 0 Å². The number of amides is 1. The highest BCUT2D eigenvalue weighted by Crippen LogP contribution is 2.28. The van der Waals surface area contributed by atoms with Crippen LogP contribution >= 0.6 is 0 Å². The summed E-state index contributed by atoms with van der Waals surface area (Å²) in [6, 6.07) is 7.85. The predicted molar refractivity (Wildman–Crippen MR) is 108 cm³/mol. The van der Waals surface area contributed by atoms with Crippen LogP contribution in [0, 0.1) is 17.0 Å². The second-order valence-corrected chi connectivity index (χ2v) is 8.31. The molecule has 11 heteroatoms. The van der Waals surface area contributed by atoms with Gasteiger partial charge >= 0.3 is 0 Å². The molecule has 1 N–H and O–H groups in total. The molecule has 0 bridgehead atoms. The van der Waals surface area contributed by atoms with Crippen LogP contribution in [-0.4, -0.2) is 57.6 Å². The van der Waals surface area contributed by atoms with Crippen LogP contribution in [0.3, 0.4) is 0 Å². The average Bonchev–Trinajstić information content (AvgIpc) is 2.74. The van der Waals surface area contributed by atoms with Gasteiger partial charge in [-0.05, 0) is 30.7 Å². The lowest BCUT2D eigenvalue weighted by Crippen LogP contribution is -2.40. The molecule has 0 unspecified atom stereocenters. The number of carbonyl (C=O) groups excluding carboxylic acids is 1. The number of sulfonamides is 1. The summed E-state index contributed by atoms with van der Waals surface area (Å²) in [6.45, 7) is 3.22. The number of morpholine rings is 1. The summed E-state index contributed by atoms with van der Waals surface area (Å²) in [6.07, 6.45) is 0. The number of rotatable bonds is 6. The number of hydrogen-bond donors (Lipinski definition) is 1. The van der Waals surface area contributed by atoms with Gasteiger partial charge in [-0.1, -0.05) is 6.07 Å². The topological polar surface area (TPSA) is 128 Å². The molecule has 0 aliphatic carbocycles. The number of aryl methyl sites for hydroxylation is 1. The van der Waals surface area contributed by atoms with Crippen molar-refractivity contribution in [3.05, 3.63) is 57.6 Å². The molecule has 0 atom stereocenters. The first-order chi connectivity index (χ1) is 14.2. The largest absolute Gasteiger partial charge is 0.496 e. The molecule has 1 fully saturated rings. The number of nitrogens with zero attached hydrogens (tertiary/aromatic N) is 2. The van der Waals surface area contributed by atoms with Crippen LogP contribution in [0.5, 0.6) is 5.75 Å². The summed E-state index contributed by atoms with van der Waals surface area (Å²) in [5.41, 5.74) is 0.470. The fourth-order valence-electron chi connectivity index (χ4n) is 3.00. The van der Waals surface area contributed by atoms with Gasteiger partial charge in [-0.15, -0.1) is 0 Å². The van der Waals surface area contributed by atoms with E-state index in [-0.39, 0.29) is 33.5 Å². The Morgan fingerprint density at radius 2 is 1.90 bits per heavy atom. The fraction of sp³-hybridized carbons (Fsp3) is 0.316. The highest BCUT2D eigenvalue weighted by atomic mass is 32.2. The summed E-state index contributed by atoms with van der Waals surface area (Å²) in [5.74, 6) is -0.115. The molecule has 3 rings (SSSR count). The second-order valence-electron chi connectivity index (χ2n) is 6.63. The van der Waals surface area contributed by atoms with Gasteiger partial charge in [-0.3, -0.25) is 19.6 Å². The van der Waals surface area contributed by atoms with E-state index in [1.54, 1.807) is 11.8 Å². The lowest BCUT2D eigenvalue weighted by atomic mass is 10.1. The molecule has 0 radical (unpaired) electrons. The van der Waals surface area contributed by atoms with E-state index >= 15 is 0 Å². The first-order valence-corrected chi connectivity index (χ1v) is 10.5. The zero-order valence-corrected chi connectivity index (χ0v) is 17.3. The molecular formula is C19H21N3O7S. The van der Waals surface area contributed by atoms with Crippen molar-refractivity contribution in [2.24, 2.45) is 0 Å². The van der Waals surface area contributed by atoms with Gasteiger partial charge in [0.1, 0.15) is 5.75 Å². The monoisotopic (exact) mass is 435 g/mol. The maximum absolute atomic E-state index is 12.9. The Morgan fingerprint density at radius 3 is 2.53 bits per heavy atom. The van der Waals surface area contributed by atoms with Gasteiger partial charge < -0.3 is 14.4 Å². The third-order valence-corrected chi connectivity index (χ3v) is 6.05. The number of ether oxygens (including phenoxy) is 2. The standard InChI is InChI=1S/C19H21N3O7S/c1-13-3-4-14(22(24)25)11-17(13)20-30(26,27)15-5-6-18(28-2)16(12-15)19(23)21-7-9-29-10-8-21/h3-6,11-12,20H,7-10H2,1-2H3. The molecule has 0 aromatic heterocycles. The SMILES string of the molecule is COc1ccc(S(=O)(=O)Nc2cc([N+](=O)[O-])ccc2C)cc1C(=O)N1CCOCC1. The van der Waals surface area contributed by atoms with Crippen molar-refractivity contribution in [1.29, 1.82) is 0 Å². The number of nitrogens with one attached hydrogen (secondary N) is 1.